The maximum absolute atomic E-state index is 5.41. The van der Waals surface area contributed by atoms with E-state index in [-0.39, 0.29) is 0 Å². The summed E-state index contributed by atoms with van der Waals surface area (Å²) in [6, 6.07) is 2.39. The minimum absolute atomic E-state index is 0.410. The summed E-state index contributed by atoms with van der Waals surface area (Å²) in [6.45, 7) is 8.83. The van der Waals surface area contributed by atoms with Gasteiger partial charge in [0.2, 0.25) is 0 Å². The number of rotatable bonds is 5. The van der Waals surface area contributed by atoms with Crippen molar-refractivity contribution in [1.82, 2.24) is 9.97 Å². The van der Waals surface area contributed by atoms with Crippen LogP contribution in [-0.4, -0.2) is 35.8 Å². The van der Waals surface area contributed by atoms with Gasteiger partial charge in [-0.2, -0.15) is 0 Å². The number of hydrogen-bond donors (Lipinski definition) is 2. The molecular formula is C14H24N4O. The first kappa shape index (κ1) is 14.1. The molecule has 19 heavy (non-hydrogen) atoms. The van der Waals surface area contributed by atoms with Gasteiger partial charge in [-0.25, -0.2) is 9.97 Å². The van der Waals surface area contributed by atoms with Crippen molar-refractivity contribution < 1.29 is 4.74 Å². The summed E-state index contributed by atoms with van der Waals surface area (Å²) >= 11 is 0. The fourth-order valence-corrected chi connectivity index (χ4v) is 2.48. The normalized spacial score (nSPS) is 18.1. The van der Waals surface area contributed by atoms with Gasteiger partial charge in [0.1, 0.15) is 17.5 Å². The van der Waals surface area contributed by atoms with Gasteiger partial charge >= 0.3 is 0 Å². The van der Waals surface area contributed by atoms with E-state index < -0.39 is 0 Å². The fraction of sp³-hybridized carbons (Fsp3) is 0.714. The van der Waals surface area contributed by atoms with Gasteiger partial charge in [-0.3, -0.25) is 0 Å². The van der Waals surface area contributed by atoms with Gasteiger partial charge in [-0.1, -0.05) is 0 Å². The lowest BCUT2D eigenvalue weighted by Gasteiger charge is -2.28. The number of nitrogens with one attached hydrogen (secondary N) is 2. The van der Waals surface area contributed by atoms with E-state index in [1.807, 2.05) is 13.0 Å². The van der Waals surface area contributed by atoms with Gasteiger partial charge in [0, 0.05) is 31.9 Å². The molecular weight excluding hydrogens is 240 g/mol. The van der Waals surface area contributed by atoms with E-state index in [1.165, 1.54) is 0 Å². The van der Waals surface area contributed by atoms with Crippen molar-refractivity contribution >= 4 is 11.6 Å². The average Bonchev–Trinajstić information content (AvgIpc) is 2.39. The van der Waals surface area contributed by atoms with Gasteiger partial charge in [0.05, 0.1) is 0 Å². The Morgan fingerprint density at radius 2 is 2.00 bits per heavy atom. The van der Waals surface area contributed by atoms with Crippen LogP contribution in [0.1, 0.15) is 32.5 Å². The molecule has 1 aliphatic heterocycles. The largest absolute Gasteiger partial charge is 0.381 e. The van der Waals surface area contributed by atoms with Crippen molar-refractivity contribution in [1.29, 1.82) is 0 Å². The van der Waals surface area contributed by atoms with Crippen LogP contribution in [0.25, 0.3) is 0 Å². The molecule has 0 aromatic carbocycles. The Morgan fingerprint density at radius 1 is 1.32 bits per heavy atom. The van der Waals surface area contributed by atoms with Gasteiger partial charge in [-0.05, 0) is 39.5 Å². The van der Waals surface area contributed by atoms with Crippen LogP contribution in [0.4, 0.5) is 11.6 Å². The highest BCUT2D eigenvalue weighted by molar-refractivity contribution is 5.47. The first-order valence-corrected chi connectivity index (χ1v) is 7.13. The minimum Gasteiger partial charge on any atom is -0.381 e. The first-order valence-electron chi connectivity index (χ1n) is 7.13. The van der Waals surface area contributed by atoms with Crippen molar-refractivity contribution in [2.45, 2.75) is 39.7 Å². The summed E-state index contributed by atoms with van der Waals surface area (Å²) in [6.07, 6.45) is 2.25. The third-order valence-corrected chi connectivity index (χ3v) is 3.54. The van der Waals surface area contributed by atoms with Crippen LogP contribution in [0, 0.1) is 12.8 Å². The second kappa shape index (κ2) is 6.70. The molecule has 106 valence electrons. The van der Waals surface area contributed by atoms with E-state index in [1.54, 1.807) is 0 Å². The molecule has 2 rings (SSSR count). The molecule has 1 aromatic rings. The molecule has 1 atom stereocenters. The summed E-state index contributed by atoms with van der Waals surface area (Å²) in [7, 11) is 0. The predicted octanol–water partition coefficient (Wildman–Crippen LogP) is 2.44. The maximum Gasteiger partial charge on any atom is 0.132 e. The smallest absolute Gasteiger partial charge is 0.132 e. The highest BCUT2D eigenvalue weighted by Crippen LogP contribution is 2.22. The van der Waals surface area contributed by atoms with Crippen LogP contribution >= 0.6 is 0 Å². The number of hydrogen-bond acceptors (Lipinski definition) is 5. The molecule has 1 aromatic heterocycles. The van der Waals surface area contributed by atoms with Gasteiger partial charge in [-0.15, -0.1) is 0 Å². The summed E-state index contributed by atoms with van der Waals surface area (Å²) in [5.41, 5.74) is 0. The molecule has 5 heteroatoms. The molecule has 1 unspecified atom stereocenters. The Bertz CT molecular complexity index is 404. The molecule has 0 radical (unpaired) electrons. The second-order valence-corrected chi connectivity index (χ2v) is 5.10. The summed E-state index contributed by atoms with van der Waals surface area (Å²) in [4.78, 5) is 8.82. The number of aromatic nitrogens is 2. The minimum atomic E-state index is 0.410. The summed E-state index contributed by atoms with van der Waals surface area (Å²) in [5, 5.41) is 6.73. The van der Waals surface area contributed by atoms with E-state index >= 15 is 0 Å². The van der Waals surface area contributed by atoms with Crippen LogP contribution in [0.5, 0.6) is 0 Å². The molecule has 5 nitrogen and oxygen atoms in total. The first-order chi connectivity index (χ1) is 9.19. The molecule has 2 N–H and O–H groups in total. The molecule has 2 heterocycles. The zero-order chi connectivity index (χ0) is 13.7. The van der Waals surface area contributed by atoms with Crippen molar-refractivity contribution in [3.8, 4) is 0 Å². The van der Waals surface area contributed by atoms with Crippen molar-refractivity contribution in [2.75, 3.05) is 30.4 Å². The predicted molar refractivity (Wildman–Crippen MR) is 77.6 cm³/mol. The monoisotopic (exact) mass is 264 g/mol. The van der Waals surface area contributed by atoms with E-state index in [2.05, 4.69) is 34.4 Å². The Kier molecular flexibility index (Phi) is 4.96. The quantitative estimate of drug-likeness (QED) is 0.855. The molecule has 1 saturated heterocycles. The van der Waals surface area contributed by atoms with Gasteiger partial charge < -0.3 is 15.4 Å². The summed E-state index contributed by atoms with van der Waals surface area (Å²) < 4.78 is 5.41. The third kappa shape index (κ3) is 4.06. The highest BCUT2D eigenvalue weighted by atomic mass is 16.5. The van der Waals surface area contributed by atoms with E-state index in [0.717, 1.165) is 50.1 Å². The molecule has 0 bridgehead atoms. The topological polar surface area (TPSA) is 59.1 Å². The number of aryl methyl sites for hydroxylation is 1. The zero-order valence-corrected chi connectivity index (χ0v) is 12.1. The molecule has 0 saturated carbocycles. The lowest BCUT2D eigenvalue weighted by Crippen LogP contribution is -2.31. The Balaban J connectivity index is 2.00. The van der Waals surface area contributed by atoms with Crippen molar-refractivity contribution in [3.05, 3.63) is 11.9 Å². The fourth-order valence-electron chi connectivity index (χ4n) is 2.48. The number of anilines is 2. The van der Waals surface area contributed by atoms with Crippen LogP contribution < -0.4 is 10.6 Å². The van der Waals surface area contributed by atoms with Gasteiger partial charge in [0.15, 0.2) is 0 Å². The molecule has 1 fully saturated rings. The number of ether oxygens (including phenoxy) is 1. The van der Waals surface area contributed by atoms with E-state index in [4.69, 9.17) is 4.74 Å². The van der Waals surface area contributed by atoms with Crippen LogP contribution in [0.2, 0.25) is 0 Å². The van der Waals surface area contributed by atoms with Crippen LogP contribution in [-0.2, 0) is 4.74 Å². The van der Waals surface area contributed by atoms with Crippen molar-refractivity contribution in [2.24, 2.45) is 5.92 Å². The Hall–Kier alpha value is -1.36. The van der Waals surface area contributed by atoms with Crippen LogP contribution in [0.3, 0.4) is 0 Å². The van der Waals surface area contributed by atoms with E-state index in [9.17, 15) is 0 Å². The molecule has 0 spiro atoms. The van der Waals surface area contributed by atoms with E-state index in [0.29, 0.717) is 12.0 Å². The lowest BCUT2D eigenvalue weighted by atomic mass is 9.93. The molecule has 0 amide bonds. The third-order valence-electron chi connectivity index (χ3n) is 3.54. The number of nitrogens with zero attached hydrogens (tertiary/aromatic N) is 2. The highest BCUT2D eigenvalue weighted by Gasteiger charge is 2.20. The lowest BCUT2D eigenvalue weighted by molar-refractivity contribution is 0.0622. The zero-order valence-electron chi connectivity index (χ0n) is 12.1. The van der Waals surface area contributed by atoms with Gasteiger partial charge in [0.25, 0.3) is 0 Å². The SMILES string of the molecule is CCNc1cc(NC(C)C2CCOCC2)nc(C)n1. The Morgan fingerprint density at radius 3 is 2.68 bits per heavy atom. The molecule has 0 aliphatic carbocycles. The molecule has 1 aliphatic rings. The summed E-state index contributed by atoms with van der Waals surface area (Å²) in [5.74, 6) is 3.24. The average molecular weight is 264 g/mol. The Labute approximate surface area is 115 Å². The van der Waals surface area contributed by atoms with Crippen LogP contribution in [0.15, 0.2) is 6.07 Å². The van der Waals surface area contributed by atoms with Crippen molar-refractivity contribution in [3.63, 3.8) is 0 Å². The maximum atomic E-state index is 5.41. The second-order valence-electron chi connectivity index (χ2n) is 5.10. The standard InChI is InChI=1S/C14H24N4O/c1-4-15-13-9-14(18-11(3)17-13)16-10(2)12-5-7-19-8-6-12/h9-10,12H,4-8H2,1-3H3,(H2,15,16,17,18).